The first-order valence-corrected chi connectivity index (χ1v) is 10.5. The number of carbonyl (C=O) groups is 1. The third-order valence-corrected chi connectivity index (χ3v) is 6.36. The van der Waals surface area contributed by atoms with Crippen LogP contribution in [0.3, 0.4) is 0 Å². The van der Waals surface area contributed by atoms with Gasteiger partial charge in [0.25, 0.3) is 0 Å². The molecule has 0 unspecified atom stereocenters. The zero-order valence-electron chi connectivity index (χ0n) is 16.0. The van der Waals surface area contributed by atoms with Crippen LogP contribution in [-0.2, 0) is 19.6 Å². The Balaban J connectivity index is 1.61. The molecule has 1 saturated heterocycles. The van der Waals surface area contributed by atoms with E-state index in [0.717, 1.165) is 23.1 Å². The largest absolute Gasteiger partial charge is 0.378 e. The number of rotatable bonds is 6. The van der Waals surface area contributed by atoms with Crippen LogP contribution in [0.25, 0.3) is 0 Å². The number of carbonyl (C=O) groups excluding carboxylic acids is 1. The molecule has 3 rings (SSSR count). The minimum absolute atomic E-state index is 0.0262. The van der Waals surface area contributed by atoms with Crippen molar-refractivity contribution in [2.24, 2.45) is 0 Å². The fourth-order valence-corrected chi connectivity index (χ4v) is 4.14. The summed E-state index contributed by atoms with van der Waals surface area (Å²) < 4.78 is 31.6. The van der Waals surface area contributed by atoms with Crippen molar-refractivity contribution in [3.63, 3.8) is 0 Å². The summed E-state index contributed by atoms with van der Waals surface area (Å²) in [4.78, 5) is 14.5. The fraction of sp³-hybridized carbons (Fsp3) is 0.300. The number of hydrogen-bond donors (Lipinski definition) is 1. The first-order chi connectivity index (χ1) is 13.9. The van der Waals surface area contributed by atoms with E-state index in [-0.39, 0.29) is 17.0 Å². The second-order valence-corrected chi connectivity index (χ2v) is 8.64. The maximum Gasteiger partial charge on any atom is 0.243 e. The first kappa shape index (κ1) is 20.8. The Morgan fingerprint density at radius 2 is 1.90 bits per heavy atom. The standard InChI is InChI=1S/C20H22N4O4S/c1-23(29(26,27)19-4-2-3-16(13-19)14-21)15-20(25)22-17-5-7-18(8-6-17)24-9-11-28-12-10-24/h2-8,13H,9-12,15H2,1H3,(H,22,25). The average Bonchev–Trinajstić information content (AvgIpc) is 2.74. The van der Waals surface area contributed by atoms with E-state index < -0.39 is 15.9 Å². The number of sulfonamides is 1. The lowest BCUT2D eigenvalue weighted by Gasteiger charge is -2.28. The zero-order chi connectivity index (χ0) is 20.9. The van der Waals surface area contributed by atoms with Gasteiger partial charge in [-0.3, -0.25) is 4.79 Å². The lowest BCUT2D eigenvalue weighted by atomic mass is 10.2. The van der Waals surface area contributed by atoms with Crippen LogP contribution in [0.4, 0.5) is 11.4 Å². The Morgan fingerprint density at radius 3 is 2.55 bits per heavy atom. The van der Waals surface area contributed by atoms with E-state index >= 15 is 0 Å². The maximum atomic E-state index is 12.6. The van der Waals surface area contributed by atoms with Gasteiger partial charge in [-0.1, -0.05) is 6.07 Å². The third kappa shape index (κ3) is 5.12. The van der Waals surface area contributed by atoms with Gasteiger partial charge >= 0.3 is 0 Å². The molecule has 1 aliphatic rings. The number of ether oxygens (including phenoxy) is 1. The van der Waals surface area contributed by atoms with Crippen molar-refractivity contribution in [3.8, 4) is 6.07 Å². The Morgan fingerprint density at radius 1 is 1.21 bits per heavy atom. The van der Waals surface area contributed by atoms with Gasteiger partial charge in [0, 0.05) is 31.5 Å². The van der Waals surface area contributed by atoms with Gasteiger partial charge in [0.05, 0.1) is 36.3 Å². The number of nitrogens with one attached hydrogen (secondary N) is 1. The number of amides is 1. The monoisotopic (exact) mass is 414 g/mol. The summed E-state index contributed by atoms with van der Waals surface area (Å²) in [7, 11) is -2.55. The van der Waals surface area contributed by atoms with Crippen LogP contribution in [0.5, 0.6) is 0 Å². The molecule has 29 heavy (non-hydrogen) atoms. The van der Waals surface area contributed by atoms with Crippen molar-refractivity contribution in [2.75, 3.05) is 50.1 Å². The number of morpholine rings is 1. The highest BCUT2D eigenvalue weighted by Crippen LogP contribution is 2.19. The van der Waals surface area contributed by atoms with E-state index in [0.29, 0.717) is 18.9 Å². The van der Waals surface area contributed by atoms with Crippen molar-refractivity contribution in [3.05, 3.63) is 54.1 Å². The van der Waals surface area contributed by atoms with Gasteiger partial charge in [0.15, 0.2) is 0 Å². The maximum absolute atomic E-state index is 12.6. The van der Waals surface area contributed by atoms with Gasteiger partial charge in [-0.2, -0.15) is 9.57 Å². The number of hydrogen-bond acceptors (Lipinski definition) is 6. The lowest BCUT2D eigenvalue weighted by molar-refractivity contribution is -0.116. The van der Waals surface area contributed by atoms with Crippen molar-refractivity contribution < 1.29 is 17.9 Å². The molecule has 1 amide bonds. The van der Waals surface area contributed by atoms with Gasteiger partial charge in [-0.25, -0.2) is 8.42 Å². The molecule has 0 radical (unpaired) electrons. The van der Waals surface area contributed by atoms with Crippen LogP contribution in [0.1, 0.15) is 5.56 Å². The zero-order valence-corrected chi connectivity index (χ0v) is 16.9. The molecule has 0 aliphatic carbocycles. The van der Waals surface area contributed by atoms with Crippen molar-refractivity contribution >= 4 is 27.3 Å². The molecule has 152 valence electrons. The van der Waals surface area contributed by atoms with Gasteiger partial charge in [0.2, 0.25) is 15.9 Å². The predicted molar refractivity (Wildman–Crippen MR) is 109 cm³/mol. The summed E-state index contributed by atoms with van der Waals surface area (Å²) in [5.74, 6) is -0.452. The molecule has 9 heteroatoms. The molecule has 0 saturated carbocycles. The Kier molecular flexibility index (Phi) is 6.49. The molecule has 1 heterocycles. The lowest BCUT2D eigenvalue weighted by Crippen LogP contribution is -2.36. The van der Waals surface area contributed by atoms with Gasteiger partial charge in [-0.15, -0.1) is 0 Å². The van der Waals surface area contributed by atoms with E-state index in [2.05, 4.69) is 10.2 Å². The van der Waals surface area contributed by atoms with Crippen LogP contribution in [0.15, 0.2) is 53.4 Å². The smallest absolute Gasteiger partial charge is 0.243 e. The van der Waals surface area contributed by atoms with E-state index in [1.807, 2.05) is 18.2 Å². The number of benzene rings is 2. The Labute approximate surface area is 170 Å². The topological polar surface area (TPSA) is 103 Å². The number of nitrogens with zero attached hydrogens (tertiary/aromatic N) is 3. The van der Waals surface area contributed by atoms with Crippen LogP contribution >= 0.6 is 0 Å². The molecule has 0 atom stereocenters. The SMILES string of the molecule is CN(CC(=O)Nc1ccc(N2CCOCC2)cc1)S(=O)(=O)c1cccc(C#N)c1. The normalized spacial score (nSPS) is 14.4. The van der Waals surface area contributed by atoms with Crippen molar-refractivity contribution in [1.29, 1.82) is 5.26 Å². The van der Waals surface area contributed by atoms with Gasteiger partial charge in [-0.05, 0) is 42.5 Å². The minimum Gasteiger partial charge on any atom is -0.378 e. The molecule has 0 aromatic heterocycles. The van der Waals surface area contributed by atoms with Gasteiger partial charge in [0.1, 0.15) is 0 Å². The minimum atomic E-state index is -3.88. The molecular weight excluding hydrogens is 392 g/mol. The summed E-state index contributed by atoms with van der Waals surface area (Å²) in [6.07, 6.45) is 0. The predicted octanol–water partition coefficient (Wildman–Crippen LogP) is 1.65. The van der Waals surface area contributed by atoms with E-state index in [1.54, 1.807) is 12.1 Å². The molecule has 1 fully saturated rings. The summed E-state index contributed by atoms with van der Waals surface area (Å²) in [6, 6.07) is 15.0. The molecule has 8 nitrogen and oxygen atoms in total. The van der Waals surface area contributed by atoms with Crippen LogP contribution in [-0.4, -0.2) is 58.5 Å². The molecule has 2 aromatic rings. The second-order valence-electron chi connectivity index (χ2n) is 6.60. The molecule has 1 N–H and O–H groups in total. The van der Waals surface area contributed by atoms with Gasteiger partial charge < -0.3 is 15.0 Å². The summed E-state index contributed by atoms with van der Waals surface area (Å²) in [5.41, 5.74) is 1.87. The molecule has 0 spiro atoms. The summed E-state index contributed by atoms with van der Waals surface area (Å²) >= 11 is 0. The first-order valence-electron chi connectivity index (χ1n) is 9.09. The molecule has 1 aliphatic heterocycles. The summed E-state index contributed by atoms with van der Waals surface area (Å²) in [6.45, 7) is 2.68. The second kappa shape index (κ2) is 9.05. The van der Waals surface area contributed by atoms with Crippen molar-refractivity contribution in [1.82, 2.24) is 4.31 Å². The molecule has 0 bridgehead atoms. The quantitative estimate of drug-likeness (QED) is 0.771. The number of likely N-dealkylation sites (N-methyl/N-ethyl adjacent to an activating group) is 1. The highest BCUT2D eigenvalue weighted by atomic mass is 32.2. The number of anilines is 2. The van der Waals surface area contributed by atoms with E-state index in [4.69, 9.17) is 10.00 Å². The highest BCUT2D eigenvalue weighted by Gasteiger charge is 2.23. The number of nitriles is 1. The molecular formula is C20H22N4O4S. The third-order valence-electron chi connectivity index (χ3n) is 4.56. The van der Waals surface area contributed by atoms with Crippen LogP contribution < -0.4 is 10.2 Å². The Hall–Kier alpha value is -2.93. The van der Waals surface area contributed by atoms with Crippen LogP contribution in [0, 0.1) is 11.3 Å². The molecule has 2 aromatic carbocycles. The fourth-order valence-electron chi connectivity index (χ4n) is 2.97. The van der Waals surface area contributed by atoms with Crippen LogP contribution in [0.2, 0.25) is 0 Å². The summed E-state index contributed by atoms with van der Waals surface area (Å²) in [5, 5.41) is 11.7. The van der Waals surface area contributed by atoms with E-state index in [1.165, 1.54) is 31.3 Å². The Bertz CT molecular complexity index is 1010. The van der Waals surface area contributed by atoms with Crippen molar-refractivity contribution in [2.45, 2.75) is 4.90 Å². The average molecular weight is 414 g/mol. The highest BCUT2D eigenvalue weighted by molar-refractivity contribution is 7.89. The van der Waals surface area contributed by atoms with E-state index in [9.17, 15) is 13.2 Å².